The fourth-order valence-electron chi connectivity index (χ4n) is 2.05. The molecule has 2 nitrogen and oxygen atoms in total. The van der Waals surface area contributed by atoms with E-state index in [1.807, 2.05) is 38.1 Å². The molecule has 2 aromatic carbocycles. The van der Waals surface area contributed by atoms with Gasteiger partial charge in [-0.3, -0.25) is 0 Å². The van der Waals surface area contributed by atoms with Crippen molar-refractivity contribution in [3.8, 4) is 5.75 Å². The second kappa shape index (κ2) is 4.88. The number of hydrogen-bond acceptors (Lipinski definition) is 1. The van der Waals surface area contributed by atoms with Crippen molar-refractivity contribution in [3.63, 3.8) is 0 Å². The molecule has 0 spiro atoms. The molecule has 0 saturated carbocycles. The monoisotopic (exact) mass is 225 g/mol. The normalized spacial score (nSPS) is 12.1. The molecule has 0 amide bonds. The van der Waals surface area contributed by atoms with E-state index in [1.165, 1.54) is 0 Å². The molecule has 0 fully saturated rings. The van der Waals surface area contributed by atoms with Crippen LogP contribution < -0.4 is 4.74 Å². The van der Waals surface area contributed by atoms with Crippen molar-refractivity contribution < 1.29 is 4.74 Å². The van der Waals surface area contributed by atoms with Crippen LogP contribution in [0.1, 0.15) is 25.5 Å². The second-order valence-electron chi connectivity index (χ2n) is 3.94. The first-order chi connectivity index (χ1) is 8.27. The Morgan fingerprint density at radius 3 is 2.71 bits per heavy atom. The Labute approximate surface area is 102 Å². The molecule has 0 aliphatic heterocycles. The first-order valence-electron chi connectivity index (χ1n) is 5.79. The van der Waals surface area contributed by atoms with Gasteiger partial charge in [0.1, 0.15) is 5.75 Å². The van der Waals surface area contributed by atoms with Crippen molar-refractivity contribution in [1.29, 1.82) is 0 Å². The van der Waals surface area contributed by atoms with Gasteiger partial charge in [0.05, 0.1) is 12.2 Å². The molecule has 86 valence electrons. The van der Waals surface area contributed by atoms with Gasteiger partial charge in [0.15, 0.2) is 0 Å². The Hall–Kier alpha value is -2.01. The van der Waals surface area contributed by atoms with E-state index in [-0.39, 0.29) is 6.04 Å². The highest BCUT2D eigenvalue weighted by molar-refractivity contribution is 5.88. The van der Waals surface area contributed by atoms with Gasteiger partial charge >= 0.3 is 0 Å². The molecule has 2 heteroatoms. The van der Waals surface area contributed by atoms with Crippen LogP contribution in [0.2, 0.25) is 0 Å². The highest BCUT2D eigenvalue weighted by Gasteiger charge is 2.18. The molecular weight excluding hydrogens is 210 g/mol. The van der Waals surface area contributed by atoms with E-state index in [1.54, 1.807) is 0 Å². The third-order valence-corrected chi connectivity index (χ3v) is 2.84. The maximum absolute atomic E-state index is 7.22. The quantitative estimate of drug-likeness (QED) is 0.713. The molecule has 0 aromatic heterocycles. The molecule has 0 heterocycles. The number of fused-ring (bicyclic) bond motifs is 1. The lowest BCUT2D eigenvalue weighted by atomic mass is 9.99. The second-order valence-corrected chi connectivity index (χ2v) is 3.94. The summed E-state index contributed by atoms with van der Waals surface area (Å²) in [4.78, 5) is 3.62. The van der Waals surface area contributed by atoms with Gasteiger partial charge in [0, 0.05) is 6.92 Å². The molecule has 0 radical (unpaired) electrons. The Balaban J connectivity index is 2.71. The molecule has 0 aliphatic rings. The van der Waals surface area contributed by atoms with Crippen LogP contribution in [0, 0.1) is 6.57 Å². The zero-order valence-corrected chi connectivity index (χ0v) is 10.1. The van der Waals surface area contributed by atoms with Crippen molar-refractivity contribution >= 4 is 10.8 Å². The van der Waals surface area contributed by atoms with Crippen LogP contribution in [0.25, 0.3) is 15.6 Å². The van der Waals surface area contributed by atoms with E-state index in [0.29, 0.717) is 6.61 Å². The summed E-state index contributed by atoms with van der Waals surface area (Å²) in [5.74, 6) is 0.828. The van der Waals surface area contributed by atoms with Crippen LogP contribution in [0.3, 0.4) is 0 Å². The van der Waals surface area contributed by atoms with Crippen molar-refractivity contribution in [1.82, 2.24) is 0 Å². The van der Waals surface area contributed by atoms with Gasteiger partial charge in [-0.1, -0.05) is 30.3 Å². The average molecular weight is 225 g/mol. The van der Waals surface area contributed by atoms with E-state index < -0.39 is 0 Å². The average Bonchev–Trinajstić information content (AvgIpc) is 2.38. The molecule has 0 saturated heterocycles. The van der Waals surface area contributed by atoms with Crippen molar-refractivity contribution in [3.05, 3.63) is 53.4 Å². The fraction of sp³-hybridized carbons (Fsp3) is 0.267. The fourth-order valence-corrected chi connectivity index (χ4v) is 2.05. The molecule has 0 N–H and O–H groups in total. The third-order valence-electron chi connectivity index (χ3n) is 2.84. The van der Waals surface area contributed by atoms with Gasteiger partial charge < -0.3 is 9.58 Å². The summed E-state index contributed by atoms with van der Waals surface area (Å²) >= 11 is 0. The number of nitrogens with zero attached hydrogens (tertiary/aromatic N) is 1. The highest BCUT2D eigenvalue weighted by Crippen LogP contribution is 2.34. The molecule has 1 unspecified atom stereocenters. The van der Waals surface area contributed by atoms with E-state index in [0.717, 1.165) is 22.1 Å². The predicted molar refractivity (Wildman–Crippen MR) is 70.1 cm³/mol. The minimum absolute atomic E-state index is 0.178. The Kier molecular flexibility index (Phi) is 3.30. The van der Waals surface area contributed by atoms with Gasteiger partial charge in [0.25, 0.3) is 0 Å². The summed E-state index contributed by atoms with van der Waals surface area (Å²) < 4.78 is 5.62. The molecule has 0 aliphatic carbocycles. The van der Waals surface area contributed by atoms with Crippen LogP contribution >= 0.6 is 0 Å². The smallest absolute Gasteiger partial charge is 0.250 e. The SMILES string of the molecule is [C-]#[N+]C(C)c1c(OCC)ccc2ccccc12. The van der Waals surface area contributed by atoms with Gasteiger partial charge in [-0.2, -0.15) is 0 Å². The van der Waals surface area contributed by atoms with Crippen molar-refractivity contribution in [2.45, 2.75) is 19.9 Å². The lowest BCUT2D eigenvalue weighted by Gasteiger charge is -2.12. The van der Waals surface area contributed by atoms with E-state index in [2.05, 4.69) is 17.0 Å². The maximum Gasteiger partial charge on any atom is 0.250 e. The maximum atomic E-state index is 7.22. The molecule has 17 heavy (non-hydrogen) atoms. The van der Waals surface area contributed by atoms with Crippen LogP contribution in [0.4, 0.5) is 0 Å². The molecule has 2 aromatic rings. The Morgan fingerprint density at radius 1 is 1.24 bits per heavy atom. The summed E-state index contributed by atoms with van der Waals surface area (Å²) in [5, 5.41) is 2.27. The van der Waals surface area contributed by atoms with Crippen molar-refractivity contribution in [2.75, 3.05) is 6.61 Å². The van der Waals surface area contributed by atoms with Gasteiger partial charge in [-0.05, 0) is 23.8 Å². The number of ether oxygens (including phenoxy) is 1. The zero-order chi connectivity index (χ0) is 12.3. The number of hydrogen-bond donors (Lipinski definition) is 0. The Bertz CT molecular complexity index is 569. The minimum Gasteiger partial charge on any atom is -0.493 e. The number of rotatable bonds is 3. The predicted octanol–water partition coefficient (Wildman–Crippen LogP) is 4.22. The van der Waals surface area contributed by atoms with Gasteiger partial charge in [-0.15, -0.1) is 0 Å². The van der Waals surface area contributed by atoms with Crippen LogP contribution in [-0.2, 0) is 0 Å². The van der Waals surface area contributed by atoms with Crippen LogP contribution in [0.5, 0.6) is 5.75 Å². The molecule has 2 rings (SSSR count). The summed E-state index contributed by atoms with van der Waals surface area (Å²) in [6.45, 7) is 11.7. The Morgan fingerprint density at radius 2 is 2.00 bits per heavy atom. The largest absolute Gasteiger partial charge is 0.493 e. The highest BCUT2D eigenvalue weighted by atomic mass is 16.5. The third kappa shape index (κ3) is 2.09. The standard InChI is InChI=1S/C15H15NO/c1-4-17-14-10-9-12-7-5-6-8-13(12)15(14)11(2)16-3/h5-11H,4H2,1-2H3. The zero-order valence-electron chi connectivity index (χ0n) is 10.1. The summed E-state index contributed by atoms with van der Waals surface area (Å²) in [7, 11) is 0. The summed E-state index contributed by atoms with van der Waals surface area (Å²) in [5.41, 5.74) is 1.000. The molecular formula is C15H15NO. The van der Waals surface area contributed by atoms with E-state index in [9.17, 15) is 0 Å². The first-order valence-corrected chi connectivity index (χ1v) is 5.79. The minimum atomic E-state index is -0.178. The summed E-state index contributed by atoms with van der Waals surface area (Å²) in [6, 6.07) is 11.9. The molecule has 1 atom stereocenters. The lowest BCUT2D eigenvalue weighted by Crippen LogP contribution is -1.99. The van der Waals surface area contributed by atoms with Gasteiger partial charge in [0.2, 0.25) is 6.04 Å². The van der Waals surface area contributed by atoms with Crippen LogP contribution in [0.15, 0.2) is 36.4 Å². The van der Waals surface area contributed by atoms with Crippen molar-refractivity contribution in [2.24, 2.45) is 0 Å². The van der Waals surface area contributed by atoms with Gasteiger partial charge in [-0.25, -0.2) is 6.57 Å². The van der Waals surface area contributed by atoms with E-state index >= 15 is 0 Å². The van der Waals surface area contributed by atoms with E-state index in [4.69, 9.17) is 11.3 Å². The first kappa shape index (κ1) is 11.5. The van der Waals surface area contributed by atoms with Crippen LogP contribution in [-0.4, -0.2) is 6.61 Å². The number of benzene rings is 2. The molecule has 0 bridgehead atoms. The topological polar surface area (TPSA) is 13.6 Å². The summed E-state index contributed by atoms with van der Waals surface area (Å²) in [6.07, 6.45) is 0. The lowest BCUT2D eigenvalue weighted by molar-refractivity contribution is 0.336.